The largest absolute Gasteiger partial charge is 0.487 e. The van der Waals surface area contributed by atoms with Gasteiger partial charge >= 0.3 is 5.97 Å². The first-order valence-electron chi connectivity index (χ1n) is 12.2. The summed E-state index contributed by atoms with van der Waals surface area (Å²) in [6, 6.07) is 26.2. The number of nitro groups is 1. The molecule has 38 heavy (non-hydrogen) atoms. The van der Waals surface area contributed by atoms with Gasteiger partial charge in [-0.25, -0.2) is 4.98 Å². The summed E-state index contributed by atoms with van der Waals surface area (Å²) in [6.45, 7) is 1.73. The van der Waals surface area contributed by atoms with E-state index in [1.165, 1.54) is 0 Å². The fourth-order valence-electron chi connectivity index (χ4n) is 4.58. The molecule has 0 aliphatic carbocycles. The minimum Gasteiger partial charge on any atom is -0.487 e. The highest BCUT2D eigenvalue weighted by molar-refractivity contribution is 6.30. The first-order chi connectivity index (χ1) is 18.3. The van der Waals surface area contributed by atoms with E-state index in [1.807, 2.05) is 67.6 Å². The summed E-state index contributed by atoms with van der Waals surface area (Å²) < 4.78 is 5.95. The summed E-state index contributed by atoms with van der Waals surface area (Å²) in [7, 11) is 0. The standard InChI is InChI=1S/C30H27ClN2O5/c1-2-27(20-7-12-24(31)13-8-20)30(23(17-29(34)35)18-33(36)37)22-10-15-26(16-11-22)38-19-25-14-9-21-5-3-4-6-28(21)32-25/h3-16,23H,2,17-19H2,1H3,(H,34,35). The fourth-order valence-corrected chi connectivity index (χ4v) is 4.71. The van der Waals surface area contributed by atoms with Crippen LogP contribution in [0.2, 0.25) is 5.02 Å². The van der Waals surface area contributed by atoms with Gasteiger partial charge in [-0.2, -0.15) is 0 Å². The van der Waals surface area contributed by atoms with Gasteiger partial charge in [0.1, 0.15) is 12.4 Å². The van der Waals surface area contributed by atoms with Crippen molar-refractivity contribution in [2.24, 2.45) is 5.92 Å². The van der Waals surface area contributed by atoms with Crippen LogP contribution in [0.1, 0.15) is 36.6 Å². The molecule has 0 aliphatic heterocycles. The van der Waals surface area contributed by atoms with Crippen molar-refractivity contribution in [3.05, 3.63) is 117 Å². The minimum atomic E-state index is -1.09. The second-order valence-electron chi connectivity index (χ2n) is 8.87. The lowest BCUT2D eigenvalue weighted by Crippen LogP contribution is -2.20. The van der Waals surface area contributed by atoms with E-state index in [-0.39, 0.29) is 13.0 Å². The Hall–Kier alpha value is -4.23. The highest BCUT2D eigenvalue weighted by Crippen LogP contribution is 2.37. The number of nitrogens with zero attached hydrogens (tertiary/aromatic N) is 2. The van der Waals surface area contributed by atoms with Gasteiger partial charge in [-0.15, -0.1) is 0 Å². The number of allylic oxidation sites excluding steroid dienone is 1. The second-order valence-corrected chi connectivity index (χ2v) is 9.31. The molecule has 1 unspecified atom stereocenters. The summed E-state index contributed by atoms with van der Waals surface area (Å²) in [4.78, 5) is 27.4. The van der Waals surface area contributed by atoms with E-state index in [9.17, 15) is 20.0 Å². The van der Waals surface area contributed by atoms with Crippen molar-refractivity contribution in [1.82, 2.24) is 4.98 Å². The molecule has 0 radical (unpaired) electrons. The number of aromatic nitrogens is 1. The van der Waals surface area contributed by atoms with Gasteiger partial charge in [0.05, 0.1) is 23.5 Å². The van der Waals surface area contributed by atoms with Crippen molar-refractivity contribution in [2.45, 2.75) is 26.4 Å². The first kappa shape index (κ1) is 26.8. The van der Waals surface area contributed by atoms with E-state index in [0.29, 0.717) is 28.3 Å². The minimum absolute atomic E-state index is 0.279. The number of carboxylic acids is 1. The number of halogens is 1. The van der Waals surface area contributed by atoms with Crippen LogP contribution in [0.15, 0.2) is 84.9 Å². The molecule has 3 aromatic carbocycles. The van der Waals surface area contributed by atoms with Crippen molar-refractivity contribution in [2.75, 3.05) is 6.54 Å². The lowest BCUT2D eigenvalue weighted by molar-refractivity contribution is -0.485. The molecular formula is C30H27ClN2O5. The Morgan fingerprint density at radius 1 is 1.00 bits per heavy atom. The van der Waals surface area contributed by atoms with Crippen molar-refractivity contribution in [1.29, 1.82) is 0 Å². The van der Waals surface area contributed by atoms with Gasteiger partial charge in [0.2, 0.25) is 6.54 Å². The SMILES string of the molecule is CCC(=C(c1ccc(OCc2ccc3ccccc3n2)cc1)C(CC(=O)O)C[N+](=O)[O-])c1ccc(Cl)cc1. The van der Waals surface area contributed by atoms with Crippen LogP contribution < -0.4 is 4.74 Å². The van der Waals surface area contributed by atoms with Gasteiger partial charge in [-0.05, 0) is 65.1 Å². The maximum Gasteiger partial charge on any atom is 0.304 e. The number of aliphatic carboxylic acids is 1. The van der Waals surface area contributed by atoms with Crippen LogP contribution in [0.3, 0.4) is 0 Å². The van der Waals surface area contributed by atoms with Crippen LogP contribution in [0, 0.1) is 16.0 Å². The smallest absolute Gasteiger partial charge is 0.304 e. The van der Waals surface area contributed by atoms with E-state index in [0.717, 1.165) is 27.7 Å². The molecule has 0 saturated carbocycles. The molecule has 8 heteroatoms. The average Bonchev–Trinajstić information content (AvgIpc) is 2.90. The highest BCUT2D eigenvalue weighted by atomic mass is 35.5. The second kappa shape index (κ2) is 12.3. The molecule has 4 rings (SSSR count). The quantitative estimate of drug-likeness (QED) is 0.125. The molecule has 1 aromatic heterocycles. The van der Waals surface area contributed by atoms with Gasteiger partial charge in [-0.3, -0.25) is 14.9 Å². The molecule has 0 amide bonds. The normalized spacial score (nSPS) is 12.6. The van der Waals surface area contributed by atoms with Crippen LogP contribution in [0.25, 0.3) is 22.0 Å². The van der Waals surface area contributed by atoms with Crippen LogP contribution in [0.5, 0.6) is 5.75 Å². The van der Waals surface area contributed by atoms with Crippen molar-refractivity contribution in [3.63, 3.8) is 0 Å². The zero-order chi connectivity index (χ0) is 27.1. The summed E-state index contributed by atoms with van der Waals surface area (Å²) in [5.41, 5.74) is 4.70. The van der Waals surface area contributed by atoms with Gasteiger partial charge in [0.15, 0.2) is 0 Å². The Labute approximate surface area is 225 Å². The van der Waals surface area contributed by atoms with Gasteiger partial charge in [0.25, 0.3) is 0 Å². The molecule has 1 heterocycles. The molecule has 0 aliphatic rings. The number of pyridine rings is 1. The summed E-state index contributed by atoms with van der Waals surface area (Å²) in [5, 5.41) is 22.7. The average molecular weight is 531 g/mol. The zero-order valence-corrected chi connectivity index (χ0v) is 21.6. The Kier molecular flexibility index (Phi) is 8.71. The topological polar surface area (TPSA) is 103 Å². The van der Waals surface area contributed by atoms with Gasteiger partial charge in [-0.1, -0.05) is 67.1 Å². The molecule has 194 valence electrons. The molecule has 1 N–H and O–H groups in total. The van der Waals surface area contributed by atoms with Gasteiger partial charge in [0, 0.05) is 15.3 Å². The third kappa shape index (κ3) is 6.75. The number of carboxylic acid groups (broad SMARTS) is 1. The Morgan fingerprint density at radius 2 is 1.68 bits per heavy atom. The van der Waals surface area contributed by atoms with Crippen LogP contribution in [-0.2, 0) is 11.4 Å². The van der Waals surface area contributed by atoms with Gasteiger partial charge < -0.3 is 9.84 Å². The predicted octanol–water partition coefficient (Wildman–Crippen LogP) is 7.16. The Balaban J connectivity index is 1.66. The molecular weight excluding hydrogens is 504 g/mol. The zero-order valence-electron chi connectivity index (χ0n) is 20.8. The maximum atomic E-state index is 11.7. The lowest BCUT2D eigenvalue weighted by Gasteiger charge is -2.21. The van der Waals surface area contributed by atoms with Crippen LogP contribution >= 0.6 is 11.6 Å². The first-order valence-corrected chi connectivity index (χ1v) is 12.6. The summed E-state index contributed by atoms with van der Waals surface area (Å²) in [6.07, 6.45) is 0.190. The Morgan fingerprint density at radius 3 is 2.34 bits per heavy atom. The third-order valence-electron chi connectivity index (χ3n) is 6.28. The van der Waals surface area contributed by atoms with E-state index < -0.39 is 23.4 Å². The molecule has 1 atom stereocenters. The summed E-state index contributed by atoms with van der Waals surface area (Å²) in [5.74, 6) is -1.30. The monoisotopic (exact) mass is 530 g/mol. The van der Waals surface area contributed by atoms with Crippen molar-refractivity contribution < 1.29 is 19.6 Å². The lowest BCUT2D eigenvalue weighted by atomic mass is 9.83. The predicted molar refractivity (Wildman–Crippen MR) is 149 cm³/mol. The number of hydrogen-bond donors (Lipinski definition) is 1. The van der Waals surface area contributed by atoms with Crippen LogP contribution in [0.4, 0.5) is 0 Å². The van der Waals surface area contributed by atoms with Crippen molar-refractivity contribution in [3.8, 4) is 5.75 Å². The molecule has 7 nitrogen and oxygen atoms in total. The molecule has 0 saturated heterocycles. The number of benzene rings is 3. The van der Waals surface area contributed by atoms with Crippen LogP contribution in [-0.4, -0.2) is 27.5 Å². The number of rotatable bonds is 11. The summed E-state index contributed by atoms with van der Waals surface area (Å²) >= 11 is 6.07. The number of ether oxygens (including phenoxy) is 1. The number of para-hydroxylation sites is 1. The molecule has 0 spiro atoms. The number of carbonyl (C=O) groups is 1. The number of hydrogen-bond acceptors (Lipinski definition) is 5. The van der Waals surface area contributed by atoms with E-state index >= 15 is 0 Å². The molecule has 4 aromatic rings. The molecule has 0 fully saturated rings. The van der Waals surface area contributed by atoms with E-state index in [4.69, 9.17) is 16.3 Å². The van der Waals surface area contributed by atoms with Crippen molar-refractivity contribution >= 4 is 39.6 Å². The maximum absolute atomic E-state index is 11.7. The van der Waals surface area contributed by atoms with E-state index in [1.54, 1.807) is 24.3 Å². The van der Waals surface area contributed by atoms with E-state index in [2.05, 4.69) is 4.98 Å². The fraction of sp³-hybridized carbons (Fsp3) is 0.200. The highest BCUT2D eigenvalue weighted by Gasteiger charge is 2.27. The third-order valence-corrected chi connectivity index (χ3v) is 6.53. The molecule has 0 bridgehead atoms. The number of fused-ring (bicyclic) bond motifs is 1. The Bertz CT molecular complexity index is 1450.